The Hall–Kier alpha value is -4.38. The monoisotopic (exact) mass is 708 g/mol. The van der Waals surface area contributed by atoms with Crippen LogP contribution in [0.1, 0.15) is 46.0 Å². The van der Waals surface area contributed by atoms with Crippen LogP contribution in [0.2, 0.25) is 10.0 Å². The van der Waals surface area contributed by atoms with Gasteiger partial charge in [0.1, 0.15) is 28.1 Å². The zero-order valence-corrected chi connectivity index (χ0v) is 28.7. The van der Waals surface area contributed by atoms with Gasteiger partial charge in [-0.15, -0.1) is 0 Å². The number of pyridine rings is 1. The summed E-state index contributed by atoms with van der Waals surface area (Å²) in [7, 11) is 3.03. The topological polar surface area (TPSA) is 91.7 Å². The van der Waals surface area contributed by atoms with E-state index in [1.54, 1.807) is 54.9 Å². The average Bonchev–Trinajstić information content (AvgIpc) is 3.12. The first-order chi connectivity index (χ1) is 23.7. The average molecular weight is 710 g/mol. The Morgan fingerprint density at radius 2 is 1.67 bits per heavy atom. The van der Waals surface area contributed by atoms with Crippen LogP contribution < -0.4 is 19.4 Å². The van der Waals surface area contributed by atoms with Gasteiger partial charge in [-0.1, -0.05) is 47.5 Å². The quantitative estimate of drug-likeness (QED) is 0.151. The van der Waals surface area contributed by atoms with E-state index in [0.29, 0.717) is 50.8 Å². The molecule has 3 aromatic carbocycles. The second-order valence-electron chi connectivity index (χ2n) is 12.1. The fourth-order valence-electron chi connectivity index (χ4n) is 6.43. The summed E-state index contributed by atoms with van der Waals surface area (Å²) >= 11 is 13.0. The van der Waals surface area contributed by atoms with Crippen molar-refractivity contribution in [2.45, 2.75) is 38.0 Å². The van der Waals surface area contributed by atoms with E-state index in [1.165, 1.54) is 37.3 Å². The van der Waals surface area contributed by atoms with Crippen molar-refractivity contribution in [2.75, 3.05) is 38.8 Å². The predicted molar refractivity (Wildman–Crippen MR) is 183 cm³/mol. The highest BCUT2D eigenvalue weighted by Gasteiger charge is 2.37. The molecule has 2 atom stereocenters. The van der Waals surface area contributed by atoms with Gasteiger partial charge in [0, 0.05) is 29.8 Å². The number of halogens is 3. The second-order valence-corrected chi connectivity index (χ2v) is 12.9. The van der Waals surface area contributed by atoms with Crippen molar-refractivity contribution in [1.82, 2.24) is 4.90 Å². The number of carbonyl (C=O) groups is 2. The number of methoxy groups -OCH3 is 2. The Morgan fingerprint density at radius 1 is 0.959 bits per heavy atom. The first-order valence-corrected chi connectivity index (χ1v) is 16.8. The number of rotatable bonds is 11. The molecule has 1 aromatic heterocycles. The highest BCUT2D eigenvalue weighted by Crippen LogP contribution is 2.36. The molecule has 3 fully saturated rings. The molecule has 256 valence electrons. The van der Waals surface area contributed by atoms with Crippen molar-refractivity contribution >= 4 is 41.0 Å². The van der Waals surface area contributed by atoms with Gasteiger partial charge in [-0.2, -0.15) is 0 Å². The number of carbonyl (C=O) groups excluding carboxylic acids is 2. The van der Waals surface area contributed by atoms with Gasteiger partial charge in [0.15, 0.2) is 23.9 Å². The van der Waals surface area contributed by atoms with Crippen LogP contribution in [-0.4, -0.2) is 56.9 Å². The number of hydrogen-bond donors (Lipinski definition) is 0. The first-order valence-electron chi connectivity index (χ1n) is 16.0. The van der Waals surface area contributed by atoms with E-state index in [-0.39, 0.29) is 30.2 Å². The zero-order chi connectivity index (χ0) is 34.5. The van der Waals surface area contributed by atoms with E-state index >= 15 is 4.39 Å². The molecule has 0 saturated carbocycles. The molecule has 0 radical (unpaired) electrons. The van der Waals surface area contributed by atoms with Gasteiger partial charge in [0.25, 0.3) is 0 Å². The fraction of sp³-hybridized carbons (Fsp3) is 0.324. The number of nitrogens with one attached hydrogen (secondary N) is 1. The van der Waals surface area contributed by atoms with Crippen molar-refractivity contribution in [2.24, 2.45) is 5.92 Å². The van der Waals surface area contributed by atoms with Crippen molar-refractivity contribution in [1.29, 1.82) is 0 Å². The molecule has 4 aromatic rings. The molecule has 0 unspecified atom stereocenters. The maximum atomic E-state index is 15.4. The molecule has 9 nitrogen and oxygen atoms in total. The van der Waals surface area contributed by atoms with Crippen LogP contribution in [0, 0.1) is 11.7 Å². The van der Waals surface area contributed by atoms with E-state index in [4.69, 9.17) is 42.1 Å². The molecule has 4 heterocycles. The lowest BCUT2D eigenvalue weighted by molar-refractivity contribution is -0.377. The number of anilines is 1. The van der Waals surface area contributed by atoms with Crippen LogP contribution >= 0.6 is 23.2 Å². The summed E-state index contributed by atoms with van der Waals surface area (Å²) in [6.45, 7) is 2.54. The lowest BCUT2D eigenvalue weighted by Crippen LogP contribution is -2.53. The number of aromatic nitrogens is 1. The lowest BCUT2D eigenvalue weighted by Gasteiger charge is -2.44. The third-order valence-corrected chi connectivity index (χ3v) is 9.84. The summed E-state index contributed by atoms with van der Waals surface area (Å²) in [5.41, 5.74) is 1.92. The van der Waals surface area contributed by atoms with E-state index in [0.717, 1.165) is 25.9 Å². The molecule has 1 N–H and O–H groups in total. The van der Waals surface area contributed by atoms with Gasteiger partial charge in [0.2, 0.25) is 0 Å². The van der Waals surface area contributed by atoms with Gasteiger partial charge >= 0.3 is 12.1 Å². The number of amides is 1. The van der Waals surface area contributed by atoms with Crippen molar-refractivity contribution in [3.05, 3.63) is 117 Å². The second kappa shape index (κ2) is 15.4. The number of nitrogens with zero attached hydrogens (tertiary/aromatic N) is 2. The highest BCUT2D eigenvalue weighted by molar-refractivity contribution is 6.35. The molecule has 7 rings (SSSR count). The number of para-hydroxylation sites is 1. The normalized spacial score (nSPS) is 18.8. The van der Waals surface area contributed by atoms with Crippen LogP contribution in [0.4, 0.5) is 14.9 Å². The minimum Gasteiger partial charge on any atom is -0.493 e. The first kappa shape index (κ1) is 34.5. The van der Waals surface area contributed by atoms with Crippen LogP contribution in [0.3, 0.4) is 0 Å². The van der Waals surface area contributed by atoms with Crippen molar-refractivity contribution in [3.8, 4) is 11.5 Å². The number of piperidine rings is 3. The number of fused-ring (bicyclic) bond motifs is 3. The molecule has 0 aliphatic carbocycles. The van der Waals surface area contributed by atoms with Gasteiger partial charge in [-0.3, -0.25) is 9.80 Å². The SMILES string of the molecule is COc1ccc([C@H](Cc2c(Cl)c[nH+]cc2Cl)OC(=O)c2ccc(F)c(CN(C(=O)O[C@H]3CN4CCC3CC4)c3ccccc3)c2)cc1OC. The number of esters is 1. The Bertz CT molecular complexity index is 1780. The summed E-state index contributed by atoms with van der Waals surface area (Å²) < 4.78 is 38.4. The van der Waals surface area contributed by atoms with Gasteiger partial charge in [0.05, 0.1) is 26.3 Å². The minimum absolute atomic E-state index is 0.0965. The summed E-state index contributed by atoms with van der Waals surface area (Å²) in [4.78, 5) is 34.0. The van der Waals surface area contributed by atoms with Crippen molar-refractivity contribution in [3.63, 3.8) is 0 Å². The van der Waals surface area contributed by atoms with Crippen LogP contribution in [0.5, 0.6) is 11.5 Å². The molecule has 1 amide bonds. The molecule has 0 spiro atoms. The van der Waals surface area contributed by atoms with Gasteiger partial charge in [-0.25, -0.2) is 19.0 Å². The fourth-order valence-corrected chi connectivity index (χ4v) is 6.97. The van der Waals surface area contributed by atoms with E-state index in [1.807, 2.05) is 6.07 Å². The van der Waals surface area contributed by atoms with Crippen molar-refractivity contribution < 1.29 is 37.9 Å². The van der Waals surface area contributed by atoms with Crippen LogP contribution in [0.15, 0.2) is 79.1 Å². The maximum Gasteiger partial charge on any atom is 0.414 e. The minimum atomic E-state index is -0.865. The molecule has 49 heavy (non-hydrogen) atoms. The van der Waals surface area contributed by atoms with E-state index < -0.39 is 24.0 Å². The molecule has 2 bridgehead atoms. The molecular formula is C37H37Cl2FN3O6+. The molecule has 3 aliphatic rings. The standard InChI is InChI=1S/C37H36Cl2FN3O6/c1-46-32-11-9-24(17-34(32)47-2)33(18-28-29(38)19-41-20-30(28)39)48-36(44)25-8-10-31(40)26(16-25)21-43(27-6-4-3-5-7-27)37(45)49-35-22-42-14-12-23(35)13-15-42/h3-11,16-17,19-20,23,33,35H,12-15,18,21-22H2,1-2H3/p+1/t33-,35-/m0/s1. The summed E-state index contributed by atoms with van der Waals surface area (Å²) in [6.07, 6.45) is 3.60. The molecule has 3 aliphatic heterocycles. The number of benzene rings is 3. The largest absolute Gasteiger partial charge is 0.493 e. The molecular weight excluding hydrogens is 672 g/mol. The zero-order valence-electron chi connectivity index (χ0n) is 27.2. The molecule has 12 heteroatoms. The van der Waals surface area contributed by atoms with Crippen LogP contribution in [-0.2, 0) is 22.4 Å². The predicted octanol–water partition coefficient (Wildman–Crippen LogP) is 7.34. The Labute approximate surface area is 294 Å². The third kappa shape index (κ3) is 7.93. The number of H-pyrrole nitrogens is 1. The number of aromatic amines is 1. The van der Waals surface area contributed by atoms with E-state index in [9.17, 15) is 9.59 Å². The third-order valence-electron chi connectivity index (χ3n) is 9.16. The molecule has 3 saturated heterocycles. The lowest BCUT2D eigenvalue weighted by atomic mass is 9.86. The van der Waals surface area contributed by atoms with Crippen LogP contribution in [0.25, 0.3) is 0 Å². The number of hydrogen-bond acceptors (Lipinski definition) is 7. The summed E-state index contributed by atoms with van der Waals surface area (Å²) in [5, 5.41) is 0.730. The number of ether oxygens (including phenoxy) is 4. The van der Waals surface area contributed by atoms with Gasteiger partial charge in [-0.05, 0) is 79.9 Å². The summed E-state index contributed by atoms with van der Waals surface area (Å²) in [5.74, 6) is -0.0472. The summed E-state index contributed by atoms with van der Waals surface area (Å²) in [6, 6.07) is 18.1. The Balaban J connectivity index is 1.27. The smallest absolute Gasteiger partial charge is 0.414 e. The highest BCUT2D eigenvalue weighted by atomic mass is 35.5. The van der Waals surface area contributed by atoms with E-state index in [2.05, 4.69) is 9.88 Å². The van der Waals surface area contributed by atoms with Gasteiger partial charge < -0.3 is 18.9 Å². The Kier molecular flexibility index (Phi) is 10.9. The Morgan fingerprint density at radius 3 is 2.33 bits per heavy atom. The maximum absolute atomic E-state index is 15.4.